The molecule has 112 valence electrons. The van der Waals surface area contributed by atoms with Crippen molar-refractivity contribution in [3.63, 3.8) is 0 Å². The van der Waals surface area contributed by atoms with Crippen LogP contribution >= 0.6 is 0 Å². The molecule has 0 aromatic rings. The van der Waals surface area contributed by atoms with Crippen LogP contribution < -0.4 is 0 Å². The molecule has 1 unspecified atom stereocenters. The van der Waals surface area contributed by atoms with E-state index in [9.17, 15) is 17.6 Å². The predicted molar refractivity (Wildman–Crippen MR) is 67.5 cm³/mol. The molecule has 1 saturated carbocycles. The summed E-state index contributed by atoms with van der Waals surface area (Å²) in [5.74, 6) is -1.83. The maximum absolute atomic E-state index is 14.4. The predicted octanol–water partition coefficient (Wildman–Crippen LogP) is 2.67. The average molecular weight is 296 g/mol. The number of hydrogen-bond donors (Lipinski definition) is 1. The van der Waals surface area contributed by atoms with E-state index in [0.29, 0.717) is 12.8 Å². The Balaban J connectivity index is 2.84. The summed E-state index contributed by atoms with van der Waals surface area (Å²) in [7, 11) is -5.10. The van der Waals surface area contributed by atoms with Crippen molar-refractivity contribution < 1.29 is 26.9 Å². The van der Waals surface area contributed by atoms with E-state index >= 15 is 0 Å². The van der Waals surface area contributed by atoms with Gasteiger partial charge in [0.15, 0.2) is 0 Å². The van der Waals surface area contributed by atoms with Crippen LogP contribution in [0.5, 0.6) is 0 Å². The zero-order valence-corrected chi connectivity index (χ0v) is 12.1. The van der Waals surface area contributed by atoms with Crippen molar-refractivity contribution in [2.45, 2.75) is 57.6 Å². The summed E-state index contributed by atoms with van der Waals surface area (Å²) < 4.78 is 50.2. The summed E-state index contributed by atoms with van der Waals surface area (Å²) in [6, 6.07) is 0. The van der Waals surface area contributed by atoms with Crippen LogP contribution in [0.25, 0.3) is 0 Å². The van der Waals surface area contributed by atoms with E-state index in [2.05, 4.69) is 4.74 Å². The number of halogens is 1. The molecule has 1 rings (SSSR count). The Labute approximate surface area is 113 Å². The molecule has 5 nitrogen and oxygen atoms in total. The third kappa shape index (κ3) is 4.42. The van der Waals surface area contributed by atoms with Gasteiger partial charge in [-0.1, -0.05) is 46.0 Å². The van der Waals surface area contributed by atoms with Crippen LogP contribution in [0.2, 0.25) is 0 Å². The number of ether oxygens (including phenoxy) is 1. The standard InChI is InChI=1S/C12H21FO5S/c1-9(2)11(14)18-12(13,19(15,16)17)8-10-6-4-3-5-7-10/h9-10H,3-8H2,1-2H3,(H,15,16,17). The zero-order valence-electron chi connectivity index (χ0n) is 11.3. The topological polar surface area (TPSA) is 80.7 Å². The summed E-state index contributed by atoms with van der Waals surface area (Å²) in [4.78, 5) is 11.4. The third-order valence-electron chi connectivity index (χ3n) is 3.37. The van der Waals surface area contributed by atoms with Gasteiger partial charge in [0, 0.05) is 6.42 Å². The highest BCUT2D eigenvalue weighted by atomic mass is 32.2. The van der Waals surface area contributed by atoms with E-state index in [0.717, 1.165) is 19.3 Å². The van der Waals surface area contributed by atoms with Crippen molar-refractivity contribution in [1.29, 1.82) is 0 Å². The Morgan fingerprint density at radius 3 is 2.32 bits per heavy atom. The van der Waals surface area contributed by atoms with Gasteiger partial charge in [0.05, 0.1) is 5.92 Å². The second-order valence-corrected chi connectivity index (χ2v) is 6.98. The fourth-order valence-electron chi connectivity index (χ4n) is 2.20. The maximum Gasteiger partial charge on any atom is 0.377 e. The first-order chi connectivity index (χ1) is 8.66. The van der Waals surface area contributed by atoms with Gasteiger partial charge in [-0.2, -0.15) is 12.8 Å². The molecule has 0 bridgehead atoms. The Morgan fingerprint density at radius 1 is 1.37 bits per heavy atom. The monoisotopic (exact) mass is 296 g/mol. The van der Waals surface area contributed by atoms with Gasteiger partial charge < -0.3 is 4.74 Å². The van der Waals surface area contributed by atoms with Crippen molar-refractivity contribution in [2.24, 2.45) is 11.8 Å². The minimum absolute atomic E-state index is 0.194. The molecule has 1 fully saturated rings. The highest BCUT2D eigenvalue weighted by Gasteiger charge is 2.49. The molecule has 0 radical (unpaired) electrons. The summed E-state index contributed by atoms with van der Waals surface area (Å²) in [6.07, 6.45) is 3.69. The Kier molecular flexibility index (Phi) is 5.32. The van der Waals surface area contributed by atoms with Gasteiger partial charge in [-0.05, 0) is 5.92 Å². The molecule has 19 heavy (non-hydrogen) atoms. The largest absolute Gasteiger partial charge is 0.412 e. The van der Waals surface area contributed by atoms with Crippen molar-refractivity contribution in [1.82, 2.24) is 0 Å². The molecule has 0 saturated heterocycles. The van der Waals surface area contributed by atoms with E-state index in [1.165, 1.54) is 13.8 Å². The normalized spacial score (nSPS) is 21.1. The molecule has 1 aliphatic carbocycles. The highest BCUT2D eigenvalue weighted by molar-refractivity contribution is 7.86. The van der Waals surface area contributed by atoms with Crippen LogP contribution in [-0.4, -0.2) is 24.1 Å². The molecule has 0 aromatic heterocycles. The van der Waals surface area contributed by atoms with Gasteiger partial charge in [-0.25, -0.2) is 0 Å². The van der Waals surface area contributed by atoms with Crippen LogP contribution in [-0.2, 0) is 19.6 Å². The molecule has 0 aliphatic heterocycles. The molecular weight excluding hydrogens is 275 g/mol. The van der Waals surface area contributed by atoms with Crippen LogP contribution in [0.1, 0.15) is 52.4 Å². The SMILES string of the molecule is CC(C)C(=O)OC(F)(CC1CCCCC1)S(=O)(=O)O. The molecule has 0 spiro atoms. The van der Waals surface area contributed by atoms with E-state index in [4.69, 9.17) is 4.55 Å². The Morgan fingerprint density at radius 2 is 1.89 bits per heavy atom. The lowest BCUT2D eigenvalue weighted by molar-refractivity contribution is -0.172. The second-order valence-electron chi connectivity index (χ2n) is 5.42. The van der Waals surface area contributed by atoms with Crippen LogP contribution in [0.4, 0.5) is 4.39 Å². The Hall–Kier alpha value is -0.690. The quantitative estimate of drug-likeness (QED) is 0.623. The molecule has 7 heteroatoms. The molecule has 1 aliphatic rings. The second kappa shape index (κ2) is 6.17. The van der Waals surface area contributed by atoms with Gasteiger partial charge in [0.25, 0.3) is 0 Å². The molecule has 1 N–H and O–H groups in total. The molecule has 0 amide bonds. The zero-order chi connectivity index (χ0) is 14.7. The van der Waals surface area contributed by atoms with Crippen LogP contribution in [0.3, 0.4) is 0 Å². The lowest BCUT2D eigenvalue weighted by Crippen LogP contribution is -2.41. The van der Waals surface area contributed by atoms with Gasteiger partial charge in [-0.15, -0.1) is 0 Å². The van der Waals surface area contributed by atoms with E-state index in [1.807, 2.05) is 0 Å². The van der Waals surface area contributed by atoms with E-state index in [1.54, 1.807) is 0 Å². The van der Waals surface area contributed by atoms with Gasteiger partial charge >= 0.3 is 21.3 Å². The third-order valence-corrected chi connectivity index (χ3v) is 4.39. The number of rotatable bonds is 5. The Bertz CT molecular complexity index is 414. The summed E-state index contributed by atoms with van der Waals surface area (Å²) in [6.45, 7) is 2.93. The lowest BCUT2D eigenvalue weighted by Gasteiger charge is -2.29. The van der Waals surface area contributed by atoms with E-state index in [-0.39, 0.29) is 5.92 Å². The molecule has 0 heterocycles. The molecular formula is C12H21FO5S. The van der Waals surface area contributed by atoms with Crippen molar-refractivity contribution in [3.05, 3.63) is 0 Å². The molecule has 0 aromatic carbocycles. The summed E-state index contributed by atoms with van der Waals surface area (Å²) >= 11 is 0. The number of carbonyl (C=O) groups is 1. The van der Waals surface area contributed by atoms with Crippen molar-refractivity contribution in [3.8, 4) is 0 Å². The highest BCUT2D eigenvalue weighted by Crippen LogP contribution is 2.36. The van der Waals surface area contributed by atoms with Crippen molar-refractivity contribution >= 4 is 16.1 Å². The first-order valence-electron chi connectivity index (χ1n) is 6.54. The van der Waals surface area contributed by atoms with Crippen LogP contribution in [0, 0.1) is 11.8 Å². The smallest absolute Gasteiger partial charge is 0.377 e. The minimum Gasteiger partial charge on any atom is -0.412 e. The number of esters is 1. The number of alkyl halides is 1. The molecule has 1 atom stereocenters. The fourth-order valence-corrected chi connectivity index (χ4v) is 2.84. The fraction of sp³-hybridized carbons (Fsp3) is 0.917. The average Bonchev–Trinajstić information content (AvgIpc) is 2.28. The van der Waals surface area contributed by atoms with Crippen molar-refractivity contribution in [2.75, 3.05) is 0 Å². The maximum atomic E-state index is 14.4. The first kappa shape index (κ1) is 16.4. The van der Waals surface area contributed by atoms with Gasteiger partial charge in [0.1, 0.15) is 0 Å². The minimum atomic E-state index is -5.10. The van der Waals surface area contributed by atoms with Crippen LogP contribution in [0.15, 0.2) is 0 Å². The summed E-state index contributed by atoms with van der Waals surface area (Å²) in [5.41, 5.74) is 0. The van der Waals surface area contributed by atoms with Gasteiger partial charge in [-0.3, -0.25) is 9.35 Å². The number of carbonyl (C=O) groups excluding carboxylic acids is 1. The summed E-state index contributed by atoms with van der Waals surface area (Å²) in [5, 5.41) is -3.32. The lowest BCUT2D eigenvalue weighted by atomic mass is 9.87. The van der Waals surface area contributed by atoms with Gasteiger partial charge in [0.2, 0.25) is 0 Å². The number of hydrogen-bond acceptors (Lipinski definition) is 4. The first-order valence-corrected chi connectivity index (χ1v) is 7.98. The van der Waals surface area contributed by atoms with E-state index < -0.39 is 33.6 Å².